The van der Waals surface area contributed by atoms with Gasteiger partial charge in [-0.25, -0.2) is 9.97 Å². The lowest BCUT2D eigenvalue weighted by Crippen LogP contribution is -2.45. The van der Waals surface area contributed by atoms with E-state index in [4.69, 9.17) is 4.74 Å². The molecule has 3 heterocycles. The Balaban J connectivity index is 1.11. The van der Waals surface area contributed by atoms with Crippen LogP contribution in [0.1, 0.15) is 46.9 Å². The summed E-state index contributed by atoms with van der Waals surface area (Å²) in [5.41, 5.74) is 4.08. The summed E-state index contributed by atoms with van der Waals surface area (Å²) in [6.07, 6.45) is 8.77. The Hall–Kier alpha value is -3.33. The Morgan fingerprint density at radius 2 is 1.97 bits per heavy atom. The van der Waals surface area contributed by atoms with Gasteiger partial charge in [-0.1, -0.05) is 29.5 Å². The van der Waals surface area contributed by atoms with Crippen molar-refractivity contribution in [1.29, 1.82) is 0 Å². The standard InChI is InChI=1S/C24H29N7O2/c1-16-8-17(14-33-15-22-13-27-30-29-22)6-7-31(16)23(32)20-11-25-24(26-12-20)28-21-9-18-4-2-3-5-19(18)10-21/h2-5,11-13,16-17,21H,6-10,14-15H2,1H3,(H,25,26,28)(H,27,29,30). The highest BCUT2D eigenvalue weighted by atomic mass is 16.5. The number of piperidine rings is 1. The quantitative estimate of drug-likeness (QED) is 0.573. The first-order valence-electron chi connectivity index (χ1n) is 11.5. The maximum absolute atomic E-state index is 13.1. The Bertz CT molecular complexity index is 1050. The highest BCUT2D eigenvalue weighted by Gasteiger charge is 2.30. The predicted octanol–water partition coefficient (Wildman–Crippen LogP) is 2.63. The van der Waals surface area contributed by atoms with Crippen LogP contribution in [0.5, 0.6) is 0 Å². The molecule has 2 N–H and O–H groups in total. The van der Waals surface area contributed by atoms with Crippen molar-refractivity contribution in [3.63, 3.8) is 0 Å². The molecule has 1 saturated heterocycles. The van der Waals surface area contributed by atoms with Crippen molar-refractivity contribution in [2.45, 2.75) is 51.3 Å². The van der Waals surface area contributed by atoms with E-state index >= 15 is 0 Å². The summed E-state index contributed by atoms with van der Waals surface area (Å²) < 4.78 is 5.78. The topological polar surface area (TPSA) is 109 Å². The van der Waals surface area contributed by atoms with Crippen molar-refractivity contribution in [3.05, 3.63) is 65.2 Å². The number of aromatic amines is 1. The van der Waals surface area contributed by atoms with E-state index in [1.165, 1.54) is 11.1 Å². The van der Waals surface area contributed by atoms with E-state index in [1.807, 2.05) is 4.90 Å². The molecule has 3 aromatic rings. The van der Waals surface area contributed by atoms with Gasteiger partial charge in [0.1, 0.15) is 5.69 Å². The van der Waals surface area contributed by atoms with Gasteiger partial charge >= 0.3 is 0 Å². The van der Waals surface area contributed by atoms with Crippen LogP contribution in [0, 0.1) is 5.92 Å². The second-order valence-electron chi connectivity index (χ2n) is 9.03. The number of benzene rings is 1. The van der Waals surface area contributed by atoms with Gasteiger partial charge in [-0.05, 0) is 49.7 Å². The van der Waals surface area contributed by atoms with Gasteiger partial charge in [-0.2, -0.15) is 0 Å². The maximum atomic E-state index is 13.1. The summed E-state index contributed by atoms with van der Waals surface area (Å²) in [6.45, 7) is 3.91. The van der Waals surface area contributed by atoms with Crippen LogP contribution in [-0.4, -0.2) is 61.4 Å². The van der Waals surface area contributed by atoms with Crippen LogP contribution in [0.25, 0.3) is 0 Å². The molecule has 1 aliphatic carbocycles. The summed E-state index contributed by atoms with van der Waals surface area (Å²) in [4.78, 5) is 23.8. The second kappa shape index (κ2) is 9.66. The SMILES string of the molecule is CC1CC(COCc2c[nH]nn2)CCN1C(=O)c1cnc(NC2Cc3ccccc3C2)nc1. The third-order valence-electron chi connectivity index (χ3n) is 6.60. The first-order valence-corrected chi connectivity index (χ1v) is 11.5. The number of anilines is 1. The molecule has 9 heteroatoms. The van der Waals surface area contributed by atoms with E-state index in [9.17, 15) is 4.79 Å². The summed E-state index contributed by atoms with van der Waals surface area (Å²) >= 11 is 0. The normalized spacial score (nSPS) is 20.6. The number of H-pyrrole nitrogens is 1. The van der Waals surface area contributed by atoms with Crippen LogP contribution in [0.3, 0.4) is 0 Å². The van der Waals surface area contributed by atoms with E-state index in [0.29, 0.717) is 37.2 Å². The van der Waals surface area contributed by atoms with Crippen molar-refractivity contribution < 1.29 is 9.53 Å². The molecule has 2 atom stereocenters. The molecule has 1 aliphatic heterocycles. The van der Waals surface area contributed by atoms with Crippen molar-refractivity contribution in [2.24, 2.45) is 5.92 Å². The molecular weight excluding hydrogens is 418 g/mol. The molecule has 0 bridgehead atoms. The lowest BCUT2D eigenvalue weighted by Gasteiger charge is -2.37. The van der Waals surface area contributed by atoms with E-state index < -0.39 is 0 Å². The van der Waals surface area contributed by atoms with Gasteiger partial charge in [0.15, 0.2) is 0 Å². The van der Waals surface area contributed by atoms with E-state index in [0.717, 1.165) is 31.4 Å². The molecule has 5 rings (SSSR count). The molecule has 2 aliphatic rings. The average Bonchev–Trinajstić information content (AvgIpc) is 3.49. The summed E-state index contributed by atoms with van der Waals surface area (Å²) in [5, 5.41) is 13.7. The Morgan fingerprint density at radius 3 is 2.64 bits per heavy atom. The number of nitrogens with zero attached hydrogens (tertiary/aromatic N) is 5. The number of rotatable bonds is 7. The second-order valence-corrected chi connectivity index (χ2v) is 9.03. The van der Waals surface area contributed by atoms with Crippen molar-refractivity contribution >= 4 is 11.9 Å². The number of ether oxygens (including phenoxy) is 1. The van der Waals surface area contributed by atoms with Crippen molar-refractivity contribution in [3.8, 4) is 0 Å². The number of aromatic nitrogens is 5. The minimum absolute atomic E-state index is 0.00992. The van der Waals surface area contributed by atoms with Crippen LogP contribution in [-0.2, 0) is 24.2 Å². The fraction of sp³-hybridized carbons (Fsp3) is 0.458. The number of nitrogens with one attached hydrogen (secondary N) is 2. The predicted molar refractivity (Wildman–Crippen MR) is 123 cm³/mol. The van der Waals surface area contributed by atoms with Crippen molar-refractivity contribution in [2.75, 3.05) is 18.5 Å². The lowest BCUT2D eigenvalue weighted by atomic mass is 9.92. The third-order valence-corrected chi connectivity index (χ3v) is 6.60. The summed E-state index contributed by atoms with van der Waals surface area (Å²) in [7, 11) is 0. The smallest absolute Gasteiger partial charge is 0.257 e. The maximum Gasteiger partial charge on any atom is 0.257 e. The first kappa shape index (κ1) is 21.5. The zero-order chi connectivity index (χ0) is 22.6. The van der Waals surface area contributed by atoms with Crippen LogP contribution < -0.4 is 5.32 Å². The number of likely N-dealkylation sites (tertiary alicyclic amines) is 1. The molecule has 2 unspecified atom stereocenters. The molecule has 9 nitrogen and oxygen atoms in total. The third kappa shape index (κ3) is 5.03. The van der Waals surface area contributed by atoms with Gasteiger partial charge in [-0.3, -0.25) is 9.89 Å². The Labute approximate surface area is 193 Å². The molecule has 0 radical (unpaired) electrons. The number of fused-ring (bicyclic) bond motifs is 1. The van der Waals surface area contributed by atoms with Crippen molar-refractivity contribution in [1.82, 2.24) is 30.3 Å². The largest absolute Gasteiger partial charge is 0.375 e. The number of amides is 1. The van der Waals surface area contributed by atoms with Gasteiger partial charge in [0.2, 0.25) is 5.95 Å². The fourth-order valence-electron chi connectivity index (χ4n) is 4.87. The monoisotopic (exact) mass is 447 g/mol. The number of carbonyl (C=O) groups excluding carboxylic acids is 1. The molecule has 2 aromatic heterocycles. The van der Waals surface area contributed by atoms with E-state index in [2.05, 4.69) is 61.9 Å². The number of hydrogen-bond donors (Lipinski definition) is 2. The first-order chi connectivity index (χ1) is 16.2. The zero-order valence-corrected chi connectivity index (χ0v) is 18.8. The van der Waals surface area contributed by atoms with Crippen LogP contribution >= 0.6 is 0 Å². The number of carbonyl (C=O) groups is 1. The molecule has 172 valence electrons. The van der Waals surface area contributed by atoms with Gasteiger partial charge in [-0.15, -0.1) is 5.10 Å². The molecular formula is C24H29N7O2. The van der Waals surface area contributed by atoms with Crippen LogP contribution in [0.4, 0.5) is 5.95 Å². The fourth-order valence-corrected chi connectivity index (χ4v) is 4.87. The van der Waals surface area contributed by atoms with Gasteiger partial charge < -0.3 is 15.0 Å². The number of hydrogen-bond acceptors (Lipinski definition) is 7. The van der Waals surface area contributed by atoms with E-state index in [1.54, 1.807) is 18.6 Å². The molecule has 33 heavy (non-hydrogen) atoms. The summed E-state index contributed by atoms with van der Waals surface area (Å²) in [5.74, 6) is 0.985. The Morgan fingerprint density at radius 1 is 1.21 bits per heavy atom. The molecule has 1 fully saturated rings. The highest BCUT2D eigenvalue weighted by Crippen LogP contribution is 2.26. The van der Waals surface area contributed by atoms with Crippen LogP contribution in [0.2, 0.25) is 0 Å². The molecule has 1 amide bonds. The average molecular weight is 448 g/mol. The molecule has 1 aromatic carbocycles. The van der Waals surface area contributed by atoms with Gasteiger partial charge in [0.05, 0.1) is 18.8 Å². The lowest BCUT2D eigenvalue weighted by molar-refractivity contribution is 0.0325. The minimum atomic E-state index is -0.00992. The zero-order valence-electron chi connectivity index (χ0n) is 18.8. The van der Waals surface area contributed by atoms with Gasteiger partial charge in [0.25, 0.3) is 5.91 Å². The van der Waals surface area contributed by atoms with E-state index in [-0.39, 0.29) is 18.0 Å². The molecule has 0 spiro atoms. The highest BCUT2D eigenvalue weighted by molar-refractivity contribution is 5.94. The molecule has 0 saturated carbocycles. The summed E-state index contributed by atoms with van der Waals surface area (Å²) in [6, 6.07) is 8.93. The van der Waals surface area contributed by atoms with Gasteiger partial charge in [0, 0.05) is 37.2 Å². The van der Waals surface area contributed by atoms with Crippen LogP contribution in [0.15, 0.2) is 42.9 Å². The minimum Gasteiger partial charge on any atom is -0.375 e. The Kier molecular flexibility index (Phi) is 6.30.